The fourth-order valence-corrected chi connectivity index (χ4v) is 2.67. The molecule has 21 heavy (non-hydrogen) atoms. The zero-order valence-electron chi connectivity index (χ0n) is 11.0. The van der Waals surface area contributed by atoms with Gasteiger partial charge in [-0.25, -0.2) is 9.10 Å². The fourth-order valence-electron chi connectivity index (χ4n) is 1.59. The summed E-state index contributed by atoms with van der Waals surface area (Å²) in [5.74, 6) is -2.34. The Balaban J connectivity index is 1.95. The van der Waals surface area contributed by atoms with Crippen LogP contribution in [0.5, 0.6) is 0 Å². The maximum atomic E-state index is 11.8. The molecule has 0 aromatic rings. The van der Waals surface area contributed by atoms with Crippen molar-refractivity contribution in [3.05, 3.63) is 12.5 Å². The van der Waals surface area contributed by atoms with Crippen molar-refractivity contribution in [2.24, 2.45) is 0 Å². The second-order valence-corrected chi connectivity index (χ2v) is 5.96. The maximum Gasteiger partial charge on any atom is 0.350 e. The van der Waals surface area contributed by atoms with Crippen molar-refractivity contribution in [2.45, 2.75) is 25.8 Å². The Labute approximate surface area is 120 Å². The fraction of sp³-hybridized carbons (Fsp3) is 0.500. The van der Waals surface area contributed by atoms with Crippen molar-refractivity contribution in [3.63, 3.8) is 0 Å². The molecule has 0 aliphatic carbocycles. The summed E-state index contributed by atoms with van der Waals surface area (Å²) in [5, 5.41) is 0.353. The quantitative estimate of drug-likeness (QED) is 0.617. The lowest BCUT2D eigenvalue weighted by Gasteiger charge is -2.20. The van der Waals surface area contributed by atoms with Gasteiger partial charge in [0.2, 0.25) is 0 Å². The molecule has 0 aromatic carbocycles. The number of hydroxylamine groups is 2. The van der Waals surface area contributed by atoms with Crippen LogP contribution in [0.25, 0.3) is 0 Å². The monoisotopic (exact) mass is 319 g/mol. The van der Waals surface area contributed by atoms with Crippen LogP contribution in [0.1, 0.15) is 19.8 Å². The molecule has 2 rings (SSSR count). The van der Waals surface area contributed by atoms with E-state index in [0.29, 0.717) is 5.06 Å². The van der Waals surface area contributed by atoms with E-state index in [4.69, 9.17) is 4.74 Å². The number of carbonyl (C=O) groups excluding carboxylic acids is 3. The van der Waals surface area contributed by atoms with Crippen molar-refractivity contribution >= 4 is 28.0 Å². The molecule has 0 saturated carbocycles. The van der Waals surface area contributed by atoms with Gasteiger partial charge in [0.25, 0.3) is 11.8 Å². The van der Waals surface area contributed by atoms with Gasteiger partial charge in [0.15, 0.2) is 6.73 Å². The second-order valence-electron chi connectivity index (χ2n) is 4.30. The summed E-state index contributed by atoms with van der Waals surface area (Å²) in [7, 11) is -3.98. The zero-order valence-corrected chi connectivity index (χ0v) is 11.8. The number of nitrogens with zero attached hydrogens (tertiary/aromatic N) is 2. The highest BCUT2D eigenvalue weighted by atomic mass is 32.2. The van der Waals surface area contributed by atoms with Crippen LogP contribution in [-0.4, -0.2) is 48.3 Å². The average Bonchev–Trinajstić information content (AvgIpc) is 3.04. The van der Waals surface area contributed by atoms with Crippen molar-refractivity contribution in [1.82, 2.24) is 14.1 Å². The Morgan fingerprint density at radius 1 is 1.38 bits per heavy atom. The number of imide groups is 1. The van der Waals surface area contributed by atoms with Crippen molar-refractivity contribution in [3.8, 4) is 0 Å². The van der Waals surface area contributed by atoms with E-state index in [2.05, 4.69) is 4.84 Å². The molecule has 0 bridgehead atoms. The number of ether oxygens (including phenoxy) is 1. The summed E-state index contributed by atoms with van der Waals surface area (Å²) in [6.45, 7) is 1.02. The molecule has 2 amide bonds. The number of hydrogen-bond acceptors (Lipinski definition) is 7. The largest absolute Gasteiger partial charge is 0.478 e. The summed E-state index contributed by atoms with van der Waals surface area (Å²) in [4.78, 5) is 38.9. The molecule has 2 aliphatic heterocycles. The van der Waals surface area contributed by atoms with Gasteiger partial charge in [0, 0.05) is 12.8 Å². The van der Waals surface area contributed by atoms with E-state index in [1.165, 1.54) is 19.4 Å². The maximum absolute atomic E-state index is 11.8. The average molecular weight is 319 g/mol. The predicted molar refractivity (Wildman–Crippen MR) is 65.6 cm³/mol. The van der Waals surface area contributed by atoms with Gasteiger partial charge in [0.1, 0.15) is 12.3 Å². The minimum Gasteiger partial charge on any atom is -0.478 e. The van der Waals surface area contributed by atoms with Gasteiger partial charge < -0.3 is 9.57 Å². The molecule has 1 saturated heterocycles. The molecule has 0 radical (unpaired) electrons. The lowest BCUT2D eigenvalue weighted by atomic mass is 10.4. The zero-order chi connectivity index (χ0) is 15.6. The topological polar surface area (TPSA) is 122 Å². The highest BCUT2D eigenvalue weighted by Crippen LogP contribution is 2.13. The highest BCUT2D eigenvalue weighted by Gasteiger charge is 2.35. The Bertz CT molecular complexity index is 584. The molecule has 116 valence electrons. The van der Waals surface area contributed by atoms with E-state index in [1.807, 2.05) is 4.72 Å². The van der Waals surface area contributed by atoms with Gasteiger partial charge in [-0.2, -0.15) is 13.1 Å². The SMILES string of the molecule is CC(NS(=O)(=O)N1C=COC1)C(=O)ON1C(=O)CCC1=O. The molecule has 0 spiro atoms. The molecule has 2 heterocycles. The van der Waals surface area contributed by atoms with Crippen LogP contribution in [0.3, 0.4) is 0 Å². The summed E-state index contributed by atoms with van der Waals surface area (Å²) in [5.41, 5.74) is 0. The first-order valence-corrected chi connectivity index (χ1v) is 7.40. The second kappa shape index (κ2) is 5.69. The van der Waals surface area contributed by atoms with Crippen molar-refractivity contribution < 1.29 is 32.4 Å². The Morgan fingerprint density at radius 2 is 2.00 bits per heavy atom. The standard InChI is InChI=1S/C10H13N3O7S/c1-7(11-21(17,18)12-4-5-19-6-12)10(16)20-13-8(14)2-3-9(13)15/h4-5,7,11H,2-3,6H2,1H3. The molecule has 10 nitrogen and oxygen atoms in total. The molecule has 0 aromatic heterocycles. The van der Waals surface area contributed by atoms with Crippen molar-refractivity contribution in [1.29, 1.82) is 0 Å². The lowest BCUT2D eigenvalue weighted by molar-refractivity contribution is -0.198. The first-order chi connectivity index (χ1) is 9.81. The molecule has 1 unspecified atom stereocenters. The third-order valence-corrected chi connectivity index (χ3v) is 4.20. The van der Waals surface area contributed by atoms with Gasteiger partial charge in [-0.1, -0.05) is 0 Å². The summed E-state index contributed by atoms with van der Waals surface area (Å²) >= 11 is 0. The van der Waals surface area contributed by atoms with Gasteiger partial charge in [-0.3, -0.25) is 9.59 Å². The summed E-state index contributed by atoms with van der Waals surface area (Å²) < 4.78 is 31.3. The van der Waals surface area contributed by atoms with Crippen LogP contribution >= 0.6 is 0 Å². The van der Waals surface area contributed by atoms with Gasteiger partial charge in [0.05, 0.1) is 6.20 Å². The highest BCUT2D eigenvalue weighted by molar-refractivity contribution is 7.87. The van der Waals surface area contributed by atoms with E-state index in [-0.39, 0.29) is 19.6 Å². The smallest absolute Gasteiger partial charge is 0.350 e. The molecule has 1 fully saturated rings. The van der Waals surface area contributed by atoms with E-state index in [9.17, 15) is 22.8 Å². The first-order valence-electron chi connectivity index (χ1n) is 5.96. The third kappa shape index (κ3) is 3.31. The van der Waals surface area contributed by atoms with Crippen LogP contribution in [0.4, 0.5) is 0 Å². The number of hydrogen-bond donors (Lipinski definition) is 1. The number of rotatable bonds is 5. The molecule has 1 N–H and O–H groups in total. The Kier molecular flexibility index (Phi) is 4.14. The van der Waals surface area contributed by atoms with Crippen LogP contribution < -0.4 is 4.72 Å². The third-order valence-electron chi connectivity index (χ3n) is 2.70. The number of amides is 2. The van der Waals surface area contributed by atoms with Gasteiger partial charge in [-0.15, -0.1) is 5.06 Å². The van der Waals surface area contributed by atoms with Crippen molar-refractivity contribution in [2.75, 3.05) is 6.73 Å². The number of carbonyl (C=O) groups is 3. The first kappa shape index (κ1) is 15.3. The lowest BCUT2D eigenvalue weighted by Crippen LogP contribution is -2.47. The van der Waals surface area contributed by atoms with Crippen LogP contribution in [0.15, 0.2) is 12.5 Å². The van der Waals surface area contributed by atoms with Gasteiger partial charge >= 0.3 is 16.2 Å². The van der Waals surface area contributed by atoms with Crippen LogP contribution in [0.2, 0.25) is 0 Å². The Morgan fingerprint density at radius 3 is 2.52 bits per heavy atom. The number of nitrogens with one attached hydrogen (secondary N) is 1. The van der Waals surface area contributed by atoms with E-state index >= 15 is 0 Å². The van der Waals surface area contributed by atoms with Gasteiger partial charge in [-0.05, 0) is 6.92 Å². The molecular weight excluding hydrogens is 306 g/mol. The molecule has 11 heteroatoms. The normalized spacial score (nSPS) is 19.9. The molecule has 1 atom stereocenters. The van der Waals surface area contributed by atoms with Crippen LogP contribution in [0, 0.1) is 0 Å². The van der Waals surface area contributed by atoms with E-state index < -0.39 is 34.0 Å². The minimum absolute atomic E-state index is 0.0396. The summed E-state index contributed by atoms with van der Waals surface area (Å²) in [6.07, 6.45) is 2.28. The summed E-state index contributed by atoms with van der Waals surface area (Å²) in [6, 6.07) is -1.29. The van der Waals surface area contributed by atoms with E-state index in [1.54, 1.807) is 0 Å². The van der Waals surface area contributed by atoms with E-state index in [0.717, 1.165) is 4.31 Å². The molecular formula is C10H13N3O7S. The Hall–Kier alpha value is -2.14. The molecule has 2 aliphatic rings. The van der Waals surface area contributed by atoms with Crippen LogP contribution in [-0.2, 0) is 34.2 Å². The minimum atomic E-state index is -3.98. The predicted octanol–water partition coefficient (Wildman–Crippen LogP) is -1.42.